The maximum absolute atomic E-state index is 3.75. The minimum absolute atomic E-state index is 0.280. The SMILES string of the molecule is CSc1ccccc1NC(CC(C)(C)C)c1ccccc1. The highest BCUT2D eigenvalue weighted by molar-refractivity contribution is 7.98. The van der Waals surface area contributed by atoms with Crippen LogP contribution in [0.5, 0.6) is 0 Å². The van der Waals surface area contributed by atoms with Crippen LogP contribution >= 0.6 is 11.8 Å². The number of thioether (sulfide) groups is 1. The predicted octanol–water partition coefficient (Wildman–Crippen LogP) is 6.00. The molecule has 0 bridgehead atoms. The second-order valence-corrected chi connectivity index (χ2v) is 7.42. The smallest absolute Gasteiger partial charge is 0.0519 e. The van der Waals surface area contributed by atoms with E-state index in [1.54, 1.807) is 11.8 Å². The van der Waals surface area contributed by atoms with E-state index in [0.29, 0.717) is 6.04 Å². The first kappa shape index (κ1) is 16.0. The summed E-state index contributed by atoms with van der Waals surface area (Å²) in [6.07, 6.45) is 3.22. The highest BCUT2D eigenvalue weighted by Gasteiger charge is 2.20. The normalized spacial score (nSPS) is 13.0. The van der Waals surface area contributed by atoms with Gasteiger partial charge in [0.25, 0.3) is 0 Å². The maximum Gasteiger partial charge on any atom is 0.0519 e. The monoisotopic (exact) mass is 299 g/mol. The first-order valence-electron chi connectivity index (χ1n) is 7.44. The van der Waals surface area contributed by atoms with Crippen molar-refractivity contribution in [2.45, 2.75) is 38.1 Å². The van der Waals surface area contributed by atoms with Gasteiger partial charge >= 0.3 is 0 Å². The molecule has 0 spiro atoms. The van der Waals surface area contributed by atoms with Gasteiger partial charge in [0.1, 0.15) is 0 Å². The van der Waals surface area contributed by atoms with Crippen LogP contribution in [-0.2, 0) is 0 Å². The van der Waals surface area contributed by atoms with E-state index in [1.807, 2.05) is 0 Å². The summed E-state index contributed by atoms with van der Waals surface area (Å²) in [6, 6.07) is 19.6. The number of benzene rings is 2. The molecule has 1 nitrogen and oxygen atoms in total. The van der Waals surface area contributed by atoms with Crippen LogP contribution in [-0.4, -0.2) is 6.26 Å². The molecule has 0 aromatic heterocycles. The van der Waals surface area contributed by atoms with Gasteiger partial charge in [0.05, 0.1) is 6.04 Å². The number of hydrogen-bond donors (Lipinski definition) is 1. The summed E-state index contributed by atoms with van der Waals surface area (Å²) >= 11 is 1.79. The van der Waals surface area contributed by atoms with Crippen molar-refractivity contribution >= 4 is 17.4 Å². The predicted molar refractivity (Wildman–Crippen MR) is 95.1 cm³/mol. The second-order valence-electron chi connectivity index (χ2n) is 6.57. The molecule has 0 aliphatic rings. The fourth-order valence-electron chi connectivity index (χ4n) is 2.50. The van der Waals surface area contributed by atoms with Crippen molar-refractivity contribution < 1.29 is 0 Å². The van der Waals surface area contributed by atoms with Crippen molar-refractivity contribution in [2.75, 3.05) is 11.6 Å². The van der Waals surface area contributed by atoms with Gasteiger partial charge in [-0.3, -0.25) is 0 Å². The Morgan fingerprint density at radius 2 is 1.57 bits per heavy atom. The van der Waals surface area contributed by atoms with E-state index >= 15 is 0 Å². The topological polar surface area (TPSA) is 12.0 Å². The summed E-state index contributed by atoms with van der Waals surface area (Å²) in [5.74, 6) is 0. The van der Waals surface area contributed by atoms with E-state index in [0.717, 1.165) is 6.42 Å². The Morgan fingerprint density at radius 1 is 0.952 bits per heavy atom. The third-order valence-corrected chi connectivity index (χ3v) is 4.25. The van der Waals surface area contributed by atoms with Crippen LogP contribution in [0.25, 0.3) is 0 Å². The second kappa shape index (κ2) is 7.04. The summed E-state index contributed by atoms with van der Waals surface area (Å²) in [5, 5.41) is 3.75. The molecular weight excluding hydrogens is 274 g/mol. The lowest BCUT2D eigenvalue weighted by atomic mass is 9.85. The molecule has 1 N–H and O–H groups in total. The van der Waals surface area contributed by atoms with Gasteiger partial charge in [0.15, 0.2) is 0 Å². The Labute approximate surface area is 133 Å². The van der Waals surface area contributed by atoms with E-state index in [-0.39, 0.29) is 5.41 Å². The molecule has 112 valence electrons. The van der Waals surface area contributed by atoms with E-state index in [1.165, 1.54) is 16.1 Å². The first-order chi connectivity index (χ1) is 9.99. The Balaban J connectivity index is 2.28. The van der Waals surface area contributed by atoms with Crippen molar-refractivity contribution in [3.8, 4) is 0 Å². The Morgan fingerprint density at radius 3 is 2.19 bits per heavy atom. The Bertz CT molecular complexity index is 557. The Kier molecular flexibility index (Phi) is 5.35. The van der Waals surface area contributed by atoms with Gasteiger partial charge in [-0.1, -0.05) is 63.2 Å². The molecule has 2 heteroatoms. The molecule has 2 rings (SSSR count). The number of rotatable bonds is 5. The lowest BCUT2D eigenvalue weighted by Crippen LogP contribution is -2.19. The zero-order valence-electron chi connectivity index (χ0n) is 13.4. The molecule has 0 aliphatic heterocycles. The summed E-state index contributed by atoms with van der Waals surface area (Å²) in [5.41, 5.74) is 2.85. The summed E-state index contributed by atoms with van der Waals surface area (Å²) in [7, 11) is 0. The fraction of sp³-hybridized carbons (Fsp3) is 0.368. The summed E-state index contributed by atoms with van der Waals surface area (Å²) in [4.78, 5) is 1.30. The van der Waals surface area contributed by atoms with E-state index < -0.39 is 0 Å². The average molecular weight is 299 g/mol. The summed E-state index contributed by atoms with van der Waals surface area (Å²) in [6.45, 7) is 6.89. The molecule has 0 aliphatic carbocycles. The Hall–Kier alpha value is -1.41. The molecule has 1 unspecified atom stereocenters. The third kappa shape index (κ3) is 4.82. The molecule has 0 amide bonds. The minimum Gasteiger partial charge on any atom is -0.377 e. The van der Waals surface area contributed by atoms with Crippen molar-refractivity contribution in [3.63, 3.8) is 0 Å². The van der Waals surface area contributed by atoms with Crippen LogP contribution in [0.3, 0.4) is 0 Å². The fourth-order valence-corrected chi connectivity index (χ4v) is 3.06. The van der Waals surface area contributed by atoms with E-state index in [9.17, 15) is 0 Å². The molecule has 0 radical (unpaired) electrons. The zero-order valence-corrected chi connectivity index (χ0v) is 14.2. The molecule has 0 saturated carbocycles. The molecule has 0 fully saturated rings. The minimum atomic E-state index is 0.280. The molecule has 0 saturated heterocycles. The standard InChI is InChI=1S/C19H25NS/c1-19(2,3)14-17(15-10-6-5-7-11-15)20-16-12-8-9-13-18(16)21-4/h5-13,17,20H,14H2,1-4H3. The first-order valence-corrected chi connectivity index (χ1v) is 8.66. The van der Waals surface area contributed by atoms with Gasteiger partial charge in [0.2, 0.25) is 0 Å². The van der Waals surface area contributed by atoms with E-state index in [4.69, 9.17) is 0 Å². The van der Waals surface area contributed by atoms with Gasteiger partial charge in [-0.15, -0.1) is 11.8 Å². The highest BCUT2D eigenvalue weighted by atomic mass is 32.2. The zero-order chi connectivity index (χ0) is 15.3. The molecular formula is C19H25NS. The maximum atomic E-state index is 3.75. The van der Waals surface area contributed by atoms with Gasteiger partial charge in [-0.05, 0) is 35.8 Å². The van der Waals surface area contributed by atoms with Crippen LogP contribution < -0.4 is 5.32 Å². The highest BCUT2D eigenvalue weighted by Crippen LogP contribution is 2.34. The van der Waals surface area contributed by atoms with Gasteiger partial charge in [-0.25, -0.2) is 0 Å². The van der Waals surface area contributed by atoms with Crippen LogP contribution in [0.4, 0.5) is 5.69 Å². The number of para-hydroxylation sites is 1. The lowest BCUT2D eigenvalue weighted by Gasteiger charge is -2.28. The third-order valence-electron chi connectivity index (χ3n) is 3.46. The van der Waals surface area contributed by atoms with Crippen molar-refractivity contribution in [1.29, 1.82) is 0 Å². The van der Waals surface area contributed by atoms with Gasteiger partial charge < -0.3 is 5.32 Å². The largest absolute Gasteiger partial charge is 0.377 e. The number of anilines is 1. The molecule has 2 aromatic rings. The van der Waals surface area contributed by atoms with Crippen LogP contribution in [0, 0.1) is 5.41 Å². The van der Waals surface area contributed by atoms with Gasteiger partial charge in [0, 0.05) is 10.6 Å². The van der Waals surface area contributed by atoms with Crippen molar-refractivity contribution in [3.05, 3.63) is 60.2 Å². The quantitative estimate of drug-likeness (QED) is 0.680. The van der Waals surface area contributed by atoms with Crippen LogP contribution in [0.1, 0.15) is 38.8 Å². The van der Waals surface area contributed by atoms with Crippen molar-refractivity contribution in [2.24, 2.45) is 5.41 Å². The van der Waals surface area contributed by atoms with Crippen LogP contribution in [0.2, 0.25) is 0 Å². The van der Waals surface area contributed by atoms with E-state index in [2.05, 4.69) is 86.9 Å². The number of hydrogen-bond acceptors (Lipinski definition) is 2. The molecule has 21 heavy (non-hydrogen) atoms. The molecule has 2 aromatic carbocycles. The lowest BCUT2D eigenvalue weighted by molar-refractivity contribution is 0.352. The average Bonchev–Trinajstić information content (AvgIpc) is 2.47. The van der Waals surface area contributed by atoms with Gasteiger partial charge in [-0.2, -0.15) is 0 Å². The summed E-state index contributed by atoms with van der Waals surface area (Å²) < 4.78 is 0. The van der Waals surface area contributed by atoms with Crippen LogP contribution in [0.15, 0.2) is 59.5 Å². The van der Waals surface area contributed by atoms with Crippen molar-refractivity contribution in [1.82, 2.24) is 0 Å². The molecule has 0 heterocycles. The molecule has 1 atom stereocenters. The number of nitrogens with one attached hydrogen (secondary N) is 1.